The second-order valence-electron chi connectivity index (χ2n) is 10.2. The number of rotatable bonds is 5. The maximum absolute atomic E-state index is 14.8. The Kier molecular flexibility index (Phi) is 6.84. The fraction of sp³-hybridized carbons (Fsp3) is 0.214. The van der Waals surface area contributed by atoms with E-state index in [9.17, 15) is 18.4 Å². The van der Waals surface area contributed by atoms with Crippen LogP contribution in [0.5, 0.6) is 0 Å². The van der Waals surface area contributed by atoms with Crippen LogP contribution < -0.4 is 25.8 Å². The lowest BCUT2D eigenvalue weighted by molar-refractivity contribution is 0.252. The number of anilines is 6. The van der Waals surface area contributed by atoms with E-state index in [0.717, 1.165) is 6.07 Å². The Morgan fingerprint density at radius 2 is 1.82 bits per heavy atom. The van der Waals surface area contributed by atoms with E-state index < -0.39 is 23.7 Å². The Morgan fingerprint density at radius 1 is 1.02 bits per heavy atom. The maximum atomic E-state index is 14.8. The molecule has 206 valence electrons. The van der Waals surface area contributed by atoms with Gasteiger partial charge in [0.05, 0.1) is 29.3 Å². The van der Waals surface area contributed by atoms with Gasteiger partial charge in [-0.25, -0.2) is 23.4 Å². The first-order valence-corrected chi connectivity index (χ1v) is 12.4. The Labute approximate surface area is 229 Å². The predicted molar refractivity (Wildman–Crippen MR) is 148 cm³/mol. The average molecular weight is 548 g/mol. The van der Waals surface area contributed by atoms with E-state index in [1.165, 1.54) is 40.1 Å². The number of pyridine rings is 1. The lowest BCUT2D eigenvalue weighted by Gasteiger charge is -2.37. The fourth-order valence-corrected chi connectivity index (χ4v) is 4.20. The van der Waals surface area contributed by atoms with Crippen LogP contribution in [0.4, 0.5) is 52.8 Å². The number of carbonyl (C=O) groups excluding carboxylic acids is 2. The third kappa shape index (κ3) is 5.28. The number of benzene rings is 2. The molecule has 0 spiro atoms. The lowest BCUT2D eigenvalue weighted by Crippen LogP contribution is -2.45. The van der Waals surface area contributed by atoms with Gasteiger partial charge in [-0.05, 0) is 36.4 Å². The van der Waals surface area contributed by atoms with Crippen LogP contribution in [0.2, 0.25) is 0 Å². The molecule has 0 saturated carbocycles. The summed E-state index contributed by atoms with van der Waals surface area (Å²) in [4.78, 5) is 33.5. The van der Waals surface area contributed by atoms with Crippen molar-refractivity contribution in [2.75, 3.05) is 32.8 Å². The van der Waals surface area contributed by atoms with E-state index in [1.54, 1.807) is 31.4 Å². The van der Waals surface area contributed by atoms with Gasteiger partial charge in [0.15, 0.2) is 0 Å². The van der Waals surface area contributed by atoms with Gasteiger partial charge in [0.2, 0.25) is 5.88 Å². The zero-order chi connectivity index (χ0) is 28.6. The van der Waals surface area contributed by atoms with Crippen molar-refractivity contribution in [3.05, 3.63) is 83.7 Å². The normalized spacial score (nSPS) is 13.2. The first kappa shape index (κ1) is 26.6. The van der Waals surface area contributed by atoms with Crippen molar-refractivity contribution in [3.8, 4) is 0 Å². The Balaban J connectivity index is 1.44. The molecule has 12 heteroatoms. The van der Waals surface area contributed by atoms with Crippen LogP contribution in [0, 0.1) is 11.6 Å². The molecule has 2 aromatic carbocycles. The summed E-state index contributed by atoms with van der Waals surface area (Å²) in [6, 6.07) is 11.6. The summed E-state index contributed by atoms with van der Waals surface area (Å²) in [7, 11) is 1.70. The molecule has 0 bridgehead atoms. The highest BCUT2D eigenvalue weighted by molar-refractivity contribution is 6.11. The van der Waals surface area contributed by atoms with Crippen LogP contribution in [0.3, 0.4) is 0 Å². The Hall–Kier alpha value is -5.00. The predicted octanol–water partition coefficient (Wildman–Crippen LogP) is 6.61. The molecule has 1 aliphatic heterocycles. The molecular formula is C28H27F2N7O3. The number of fused-ring (bicyclic) bond motifs is 1. The molecule has 1 aliphatic rings. The number of carbonyl (C=O) groups is 2. The van der Waals surface area contributed by atoms with Gasteiger partial charge >= 0.3 is 12.1 Å². The molecule has 0 unspecified atom stereocenters. The largest absolute Gasteiger partial charge is 0.373 e. The molecule has 3 heterocycles. The summed E-state index contributed by atoms with van der Waals surface area (Å²) in [6.07, 6.45) is 1.62. The number of aromatic nitrogens is 2. The van der Waals surface area contributed by atoms with Crippen molar-refractivity contribution in [2.24, 2.45) is 0 Å². The van der Waals surface area contributed by atoms with Crippen LogP contribution in [0.25, 0.3) is 0 Å². The van der Waals surface area contributed by atoms with Crippen molar-refractivity contribution in [1.29, 1.82) is 0 Å². The lowest BCUT2D eigenvalue weighted by atomic mass is 9.92. The maximum Gasteiger partial charge on any atom is 0.333 e. The highest BCUT2D eigenvalue weighted by Gasteiger charge is 2.33. The molecule has 4 amide bonds. The highest BCUT2D eigenvalue weighted by atomic mass is 19.1. The van der Waals surface area contributed by atoms with Crippen molar-refractivity contribution in [2.45, 2.75) is 32.7 Å². The number of nitrogens with zero attached hydrogens (tertiary/aromatic N) is 4. The number of hydrogen-bond acceptors (Lipinski definition) is 6. The first-order chi connectivity index (χ1) is 19.0. The average Bonchev–Trinajstić information content (AvgIpc) is 3.38. The van der Waals surface area contributed by atoms with Crippen molar-refractivity contribution in [3.63, 3.8) is 0 Å². The van der Waals surface area contributed by atoms with Crippen molar-refractivity contribution in [1.82, 2.24) is 10.1 Å². The SMILES string of the molecule is CNc1cc2c(cn1)CN(c1ccc(F)c(NC(=O)Nc3cc(C(C)(C)C)no3)c1)C(=O)N2c1cccc(F)c1. The first-order valence-electron chi connectivity index (χ1n) is 12.4. The summed E-state index contributed by atoms with van der Waals surface area (Å²) in [5.41, 5.74) is 2.02. The molecule has 40 heavy (non-hydrogen) atoms. The Bertz CT molecular complexity index is 1600. The van der Waals surface area contributed by atoms with E-state index in [2.05, 4.69) is 26.1 Å². The van der Waals surface area contributed by atoms with E-state index in [1.807, 2.05) is 20.8 Å². The van der Waals surface area contributed by atoms with E-state index in [0.29, 0.717) is 34.1 Å². The molecule has 4 aromatic rings. The summed E-state index contributed by atoms with van der Waals surface area (Å²) < 4.78 is 34.1. The summed E-state index contributed by atoms with van der Waals surface area (Å²) in [5, 5.41) is 11.8. The van der Waals surface area contributed by atoms with Crippen molar-refractivity contribution >= 4 is 46.5 Å². The molecule has 0 fully saturated rings. The van der Waals surface area contributed by atoms with Gasteiger partial charge < -0.3 is 15.2 Å². The molecule has 10 nitrogen and oxygen atoms in total. The van der Waals surface area contributed by atoms with Crippen LogP contribution in [-0.2, 0) is 12.0 Å². The third-order valence-electron chi connectivity index (χ3n) is 6.30. The standard InChI is InChI=1S/C28H27F2N7O3/c1-28(2,3)23-13-25(40-35-23)34-26(38)33-21-11-18(8-9-20(21)30)36-15-16-14-32-24(31-4)12-22(16)37(27(36)39)19-7-5-6-17(29)10-19/h5-14H,15H2,1-4H3,(H,31,32)(H2,33,34,38). The topological polar surface area (TPSA) is 116 Å². The van der Waals surface area contributed by atoms with Crippen LogP contribution in [-0.4, -0.2) is 29.3 Å². The van der Waals surface area contributed by atoms with E-state index in [4.69, 9.17) is 4.52 Å². The van der Waals surface area contributed by atoms with Gasteiger partial charge in [-0.1, -0.05) is 32.0 Å². The second-order valence-corrected chi connectivity index (χ2v) is 10.2. The molecular weight excluding hydrogens is 520 g/mol. The highest BCUT2D eigenvalue weighted by Crippen LogP contribution is 2.38. The van der Waals surface area contributed by atoms with Gasteiger partial charge in [0.1, 0.15) is 17.5 Å². The molecule has 2 aromatic heterocycles. The van der Waals surface area contributed by atoms with E-state index >= 15 is 0 Å². The second kappa shape index (κ2) is 10.3. The molecule has 0 atom stereocenters. The molecule has 5 rings (SSSR count). The van der Waals surface area contributed by atoms with Gasteiger partial charge in [-0.15, -0.1) is 0 Å². The van der Waals surface area contributed by atoms with Gasteiger partial charge in [-0.3, -0.25) is 15.1 Å². The van der Waals surface area contributed by atoms with Gasteiger partial charge in [0, 0.05) is 42.0 Å². The minimum Gasteiger partial charge on any atom is -0.373 e. The zero-order valence-electron chi connectivity index (χ0n) is 22.3. The number of halogens is 2. The minimum atomic E-state index is -0.756. The molecule has 0 aliphatic carbocycles. The number of urea groups is 2. The van der Waals surface area contributed by atoms with Gasteiger partial charge in [0.25, 0.3) is 0 Å². The third-order valence-corrected chi connectivity index (χ3v) is 6.30. The van der Waals surface area contributed by atoms with Crippen molar-refractivity contribution < 1.29 is 22.9 Å². The summed E-state index contributed by atoms with van der Waals surface area (Å²) in [5.74, 6) is -0.588. The number of nitrogens with one attached hydrogen (secondary N) is 3. The van der Waals surface area contributed by atoms with Gasteiger partial charge in [-0.2, -0.15) is 0 Å². The monoisotopic (exact) mass is 547 g/mol. The van der Waals surface area contributed by atoms with Crippen LogP contribution >= 0.6 is 0 Å². The summed E-state index contributed by atoms with van der Waals surface area (Å²) >= 11 is 0. The molecule has 3 N–H and O–H groups in total. The number of amides is 4. The zero-order valence-corrected chi connectivity index (χ0v) is 22.3. The smallest absolute Gasteiger partial charge is 0.333 e. The quantitative estimate of drug-likeness (QED) is 0.259. The van der Waals surface area contributed by atoms with Crippen LogP contribution in [0.15, 0.2) is 65.3 Å². The minimum absolute atomic E-state index is 0.0981. The molecule has 0 radical (unpaired) electrons. The van der Waals surface area contributed by atoms with E-state index in [-0.39, 0.29) is 23.5 Å². The number of hydrogen-bond donors (Lipinski definition) is 3. The van der Waals surface area contributed by atoms with Crippen LogP contribution in [0.1, 0.15) is 32.0 Å². The Morgan fingerprint density at radius 3 is 2.52 bits per heavy atom. The molecule has 0 saturated heterocycles. The fourth-order valence-electron chi connectivity index (χ4n) is 4.20. The summed E-state index contributed by atoms with van der Waals surface area (Å²) in [6.45, 7) is 5.95.